The minimum absolute atomic E-state index is 0.149. The maximum absolute atomic E-state index is 11.5. The lowest BCUT2D eigenvalue weighted by molar-refractivity contribution is 0.0359. The summed E-state index contributed by atoms with van der Waals surface area (Å²) in [4.78, 5) is 23.4. The van der Waals surface area contributed by atoms with Gasteiger partial charge in [0.1, 0.15) is 5.52 Å². The van der Waals surface area contributed by atoms with Gasteiger partial charge in [0.2, 0.25) is 0 Å². The molecule has 1 fully saturated rings. The molecule has 0 unspecified atom stereocenters. The van der Waals surface area contributed by atoms with Crippen molar-refractivity contribution in [2.75, 3.05) is 13.2 Å². The fourth-order valence-electron chi connectivity index (χ4n) is 2.25. The summed E-state index contributed by atoms with van der Waals surface area (Å²) in [5, 5.41) is 9.12. The SMILES string of the molecule is O=c1[nH]cnc2c(CN3CC[C@H]3CO)c[nH]c12. The molecule has 1 aliphatic rings. The third kappa shape index (κ3) is 1.65. The highest BCUT2D eigenvalue weighted by molar-refractivity contribution is 5.77. The molecular formula is C11H14N4O2. The van der Waals surface area contributed by atoms with Crippen LogP contribution in [-0.2, 0) is 6.54 Å². The fourth-order valence-corrected chi connectivity index (χ4v) is 2.25. The maximum Gasteiger partial charge on any atom is 0.275 e. The van der Waals surface area contributed by atoms with Crippen molar-refractivity contribution in [3.8, 4) is 0 Å². The van der Waals surface area contributed by atoms with Crippen molar-refractivity contribution in [3.05, 3.63) is 28.4 Å². The van der Waals surface area contributed by atoms with Crippen LogP contribution in [0.4, 0.5) is 0 Å². The van der Waals surface area contributed by atoms with Crippen LogP contribution in [0.5, 0.6) is 0 Å². The van der Waals surface area contributed by atoms with Gasteiger partial charge < -0.3 is 15.1 Å². The van der Waals surface area contributed by atoms with Gasteiger partial charge in [0.05, 0.1) is 18.5 Å². The summed E-state index contributed by atoms with van der Waals surface area (Å²) in [6.45, 7) is 1.90. The van der Waals surface area contributed by atoms with Gasteiger partial charge in [0, 0.05) is 30.9 Å². The molecular weight excluding hydrogens is 220 g/mol. The third-order valence-electron chi connectivity index (χ3n) is 3.40. The summed E-state index contributed by atoms with van der Waals surface area (Å²) in [7, 11) is 0. The second kappa shape index (κ2) is 3.97. The molecule has 0 aliphatic carbocycles. The standard InChI is InChI=1S/C11H14N4O2/c16-5-8-1-2-15(8)4-7-3-12-10-9(7)13-6-14-11(10)17/h3,6,8,12,16H,1-2,4-5H2,(H,13,14,17)/t8-/m0/s1. The van der Waals surface area contributed by atoms with E-state index in [0.717, 1.165) is 30.6 Å². The van der Waals surface area contributed by atoms with Crippen molar-refractivity contribution >= 4 is 11.0 Å². The van der Waals surface area contributed by atoms with E-state index in [1.807, 2.05) is 6.20 Å². The van der Waals surface area contributed by atoms with E-state index in [9.17, 15) is 4.79 Å². The highest BCUT2D eigenvalue weighted by atomic mass is 16.3. The van der Waals surface area contributed by atoms with Crippen LogP contribution in [0.2, 0.25) is 0 Å². The number of H-pyrrole nitrogens is 2. The average Bonchev–Trinajstić information content (AvgIpc) is 2.70. The number of hydrogen-bond donors (Lipinski definition) is 3. The second-order valence-electron chi connectivity index (χ2n) is 4.36. The van der Waals surface area contributed by atoms with E-state index in [2.05, 4.69) is 19.9 Å². The first-order valence-electron chi connectivity index (χ1n) is 5.68. The Balaban J connectivity index is 1.91. The maximum atomic E-state index is 11.5. The third-order valence-corrected chi connectivity index (χ3v) is 3.40. The van der Waals surface area contributed by atoms with Gasteiger partial charge in [-0.15, -0.1) is 0 Å². The van der Waals surface area contributed by atoms with Crippen LogP contribution >= 0.6 is 0 Å². The first-order valence-corrected chi connectivity index (χ1v) is 5.68. The molecule has 6 nitrogen and oxygen atoms in total. The van der Waals surface area contributed by atoms with Gasteiger partial charge in [-0.3, -0.25) is 9.69 Å². The van der Waals surface area contributed by atoms with E-state index >= 15 is 0 Å². The zero-order valence-corrected chi connectivity index (χ0v) is 9.31. The number of aliphatic hydroxyl groups excluding tert-OH is 1. The summed E-state index contributed by atoms with van der Waals surface area (Å²) < 4.78 is 0. The molecule has 0 amide bonds. The molecule has 90 valence electrons. The molecule has 1 aliphatic heterocycles. The Bertz CT molecular complexity index is 586. The first-order chi connectivity index (χ1) is 8.29. The van der Waals surface area contributed by atoms with Gasteiger partial charge in [-0.1, -0.05) is 0 Å². The van der Waals surface area contributed by atoms with E-state index in [-0.39, 0.29) is 18.2 Å². The number of aromatic nitrogens is 3. The zero-order valence-electron chi connectivity index (χ0n) is 9.31. The van der Waals surface area contributed by atoms with E-state index in [0.29, 0.717) is 5.52 Å². The van der Waals surface area contributed by atoms with Crippen LogP contribution in [0.3, 0.4) is 0 Å². The molecule has 6 heteroatoms. The molecule has 0 aromatic carbocycles. The van der Waals surface area contributed by atoms with Crippen LogP contribution in [0.15, 0.2) is 17.3 Å². The first kappa shape index (κ1) is 10.5. The minimum atomic E-state index is -0.149. The van der Waals surface area contributed by atoms with Crippen molar-refractivity contribution in [1.29, 1.82) is 0 Å². The van der Waals surface area contributed by atoms with Gasteiger partial charge in [-0.05, 0) is 6.42 Å². The Hall–Kier alpha value is -1.66. The predicted octanol–water partition coefficient (Wildman–Crippen LogP) is -0.182. The van der Waals surface area contributed by atoms with E-state index in [1.165, 1.54) is 6.33 Å². The Kier molecular flexibility index (Phi) is 2.45. The Morgan fingerprint density at radius 3 is 3.12 bits per heavy atom. The lowest BCUT2D eigenvalue weighted by Gasteiger charge is -2.39. The molecule has 0 bridgehead atoms. The lowest BCUT2D eigenvalue weighted by Crippen LogP contribution is -2.48. The molecule has 17 heavy (non-hydrogen) atoms. The van der Waals surface area contributed by atoms with Gasteiger partial charge in [-0.25, -0.2) is 4.98 Å². The fraction of sp³-hybridized carbons (Fsp3) is 0.455. The van der Waals surface area contributed by atoms with Crippen molar-refractivity contribution in [2.24, 2.45) is 0 Å². The summed E-state index contributed by atoms with van der Waals surface area (Å²) in [6.07, 6.45) is 4.27. The number of likely N-dealkylation sites (tertiary alicyclic amines) is 1. The number of rotatable bonds is 3. The van der Waals surface area contributed by atoms with Crippen molar-refractivity contribution in [1.82, 2.24) is 19.9 Å². The summed E-state index contributed by atoms with van der Waals surface area (Å²) in [5.41, 5.74) is 2.09. The van der Waals surface area contributed by atoms with Crippen LogP contribution in [-0.4, -0.2) is 44.2 Å². The molecule has 3 heterocycles. The molecule has 1 atom stereocenters. The molecule has 0 radical (unpaired) electrons. The number of aliphatic hydroxyl groups is 1. The minimum Gasteiger partial charge on any atom is -0.395 e. The van der Waals surface area contributed by atoms with Crippen molar-refractivity contribution in [3.63, 3.8) is 0 Å². The molecule has 0 saturated carbocycles. The normalized spacial score (nSPS) is 20.6. The van der Waals surface area contributed by atoms with Gasteiger partial charge >= 0.3 is 0 Å². The molecule has 3 N–H and O–H groups in total. The van der Waals surface area contributed by atoms with Crippen molar-refractivity contribution < 1.29 is 5.11 Å². The predicted molar refractivity (Wildman–Crippen MR) is 62.6 cm³/mol. The summed E-state index contributed by atoms with van der Waals surface area (Å²) >= 11 is 0. The van der Waals surface area contributed by atoms with E-state index < -0.39 is 0 Å². The lowest BCUT2D eigenvalue weighted by atomic mass is 10.0. The highest BCUT2D eigenvalue weighted by Crippen LogP contribution is 2.22. The Labute approximate surface area is 97.3 Å². The van der Waals surface area contributed by atoms with Crippen LogP contribution in [0.1, 0.15) is 12.0 Å². The van der Waals surface area contributed by atoms with Crippen LogP contribution in [0, 0.1) is 0 Å². The molecule has 2 aromatic rings. The number of aromatic amines is 2. The number of nitrogens with zero attached hydrogens (tertiary/aromatic N) is 2. The van der Waals surface area contributed by atoms with Crippen LogP contribution < -0.4 is 5.56 Å². The average molecular weight is 234 g/mol. The molecule has 0 spiro atoms. The molecule has 3 rings (SSSR count). The Morgan fingerprint density at radius 1 is 1.53 bits per heavy atom. The highest BCUT2D eigenvalue weighted by Gasteiger charge is 2.27. The Morgan fingerprint density at radius 2 is 2.41 bits per heavy atom. The van der Waals surface area contributed by atoms with Crippen LogP contribution in [0.25, 0.3) is 11.0 Å². The number of fused-ring (bicyclic) bond motifs is 1. The van der Waals surface area contributed by atoms with Crippen molar-refractivity contribution in [2.45, 2.75) is 19.0 Å². The monoisotopic (exact) mass is 234 g/mol. The molecule has 2 aromatic heterocycles. The largest absolute Gasteiger partial charge is 0.395 e. The van der Waals surface area contributed by atoms with E-state index in [4.69, 9.17) is 5.11 Å². The number of nitrogens with one attached hydrogen (secondary N) is 2. The van der Waals surface area contributed by atoms with E-state index in [1.54, 1.807) is 0 Å². The smallest absolute Gasteiger partial charge is 0.275 e. The van der Waals surface area contributed by atoms with Gasteiger partial charge in [0.15, 0.2) is 0 Å². The second-order valence-corrected chi connectivity index (χ2v) is 4.36. The molecule has 1 saturated heterocycles. The zero-order chi connectivity index (χ0) is 11.8. The topological polar surface area (TPSA) is 85.0 Å². The quantitative estimate of drug-likeness (QED) is 0.687. The van der Waals surface area contributed by atoms with Gasteiger partial charge in [0.25, 0.3) is 5.56 Å². The summed E-state index contributed by atoms with van der Waals surface area (Å²) in [5.74, 6) is 0. The van der Waals surface area contributed by atoms with Gasteiger partial charge in [-0.2, -0.15) is 0 Å². The number of hydrogen-bond acceptors (Lipinski definition) is 4. The summed E-state index contributed by atoms with van der Waals surface area (Å²) in [6, 6.07) is 0.252.